The Labute approximate surface area is 238 Å². The number of rotatable bonds is 10. The number of carbonyl (C=O) groups excluding carboxylic acids is 1. The van der Waals surface area contributed by atoms with Crippen molar-refractivity contribution in [2.45, 2.75) is 72.3 Å². The van der Waals surface area contributed by atoms with Gasteiger partial charge in [0.1, 0.15) is 0 Å². The molecule has 0 saturated heterocycles. The van der Waals surface area contributed by atoms with Crippen LogP contribution in [0.1, 0.15) is 75.9 Å². The van der Waals surface area contributed by atoms with Crippen LogP contribution in [0.4, 0.5) is 11.4 Å². The molecule has 0 heterocycles. The highest BCUT2D eigenvalue weighted by Gasteiger charge is 2.40. The lowest BCUT2D eigenvalue weighted by Crippen LogP contribution is -2.45. The van der Waals surface area contributed by atoms with E-state index in [2.05, 4.69) is 17.7 Å². The molecule has 1 aliphatic rings. The van der Waals surface area contributed by atoms with Crippen LogP contribution in [0.3, 0.4) is 0 Å². The number of hydrazine groups is 2. The molecule has 0 bridgehead atoms. The Bertz CT molecular complexity index is 1320. The predicted molar refractivity (Wildman–Crippen MR) is 161 cm³/mol. The zero-order chi connectivity index (χ0) is 30.0. The molecule has 218 valence electrons. The van der Waals surface area contributed by atoms with Crippen molar-refractivity contribution in [2.75, 3.05) is 24.5 Å². The van der Waals surface area contributed by atoms with Gasteiger partial charge in [-0.2, -0.15) is 5.48 Å². The van der Waals surface area contributed by atoms with Gasteiger partial charge in [-0.15, -0.1) is 0 Å². The SMILES string of the molecule is CNOc1cc(C2(C)CC2)cc(NC(=O)c2ccc(C)c(N(N)/C=C(N)/C(C)=C(\C)N(N)C(C)(C)C)c2)c1OC. The van der Waals surface area contributed by atoms with Gasteiger partial charge < -0.3 is 25.6 Å². The van der Waals surface area contributed by atoms with Gasteiger partial charge in [0, 0.05) is 30.0 Å². The lowest BCUT2D eigenvalue weighted by molar-refractivity contribution is 0.102. The van der Waals surface area contributed by atoms with E-state index in [1.807, 2.05) is 59.7 Å². The molecular formula is C30H45N7O3. The third-order valence-electron chi connectivity index (χ3n) is 7.50. The second-order valence-corrected chi connectivity index (χ2v) is 11.6. The maximum Gasteiger partial charge on any atom is 0.255 e. The molecule has 0 unspecified atom stereocenters. The standard InChI is InChI=1S/C30H45N7O3/c1-18-10-11-21(14-25(18)36(32)17-23(31)19(2)20(3)37(33)29(4,5)6)28(38)35-24-15-22(30(7)12-13-30)16-26(40-34-8)27(24)39-9/h10-11,14-17,34H,12-13,31-33H2,1-9H3,(H,35,38)/b20-19+,23-17-. The number of aryl methyl sites for hydroxylation is 1. The van der Waals surface area contributed by atoms with E-state index in [4.69, 9.17) is 27.0 Å². The largest absolute Gasteiger partial charge is 0.491 e. The number of benzene rings is 2. The van der Waals surface area contributed by atoms with E-state index in [0.29, 0.717) is 34.1 Å². The highest BCUT2D eigenvalue weighted by Crippen LogP contribution is 2.51. The number of methoxy groups -OCH3 is 1. The molecule has 3 rings (SSSR count). The molecule has 10 nitrogen and oxygen atoms in total. The summed E-state index contributed by atoms with van der Waals surface area (Å²) in [7, 11) is 3.22. The summed E-state index contributed by atoms with van der Waals surface area (Å²) in [5, 5.41) is 6.11. The molecule has 8 N–H and O–H groups in total. The number of anilines is 2. The molecule has 0 spiro atoms. The molecule has 1 saturated carbocycles. The Morgan fingerprint density at radius 1 is 1.12 bits per heavy atom. The average Bonchev–Trinajstić information content (AvgIpc) is 3.65. The molecule has 0 radical (unpaired) electrons. The number of allylic oxidation sites excluding steroid dienone is 2. The molecular weight excluding hydrogens is 506 g/mol. The van der Waals surface area contributed by atoms with E-state index >= 15 is 0 Å². The Hall–Kier alpha value is -3.73. The van der Waals surface area contributed by atoms with Gasteiger partial charge in [-0.25, -0.2) is 11.7 Å². The first-order valence-electron chi connectivity index (χ1n) is 13.3. The highest BCUT2D eigenvalue weighted by atomic mass is 16.7. The second kappa shape index (κ2) is 11.8. The number of nitrogens with one attached hydrogen (secondary N) is 2. The first-order valence-corrected chi connectivity index (χ1v) is 13.3. The van der Waals surface area contributed by atoms with Crippen molar-refractivity contribution in [1.82, 2.24) is 10.5 Å². The van der Waals surface area contributed by atoms with Gasteiger partial charge >= 0.3 is 0 Å². The van der Waals surface area contributed by atoms with E-state index < -0.39 is 0 Å². The number of nitrogens with two attached hydrogens (primary N) is 3. The van der Waals surface area contributed by atoms with Crippen LogP contribution < -0.4 is 42.8 Å². The van der Waals surface area contributed by atoms with E-state index in [9.17, 15) is 4.79 Å². The number of hydroxylamine groups is 1. The minimum absolute atomic E-state index is 0.0552. The van der Waals surface area contributed by atoms with Crippen molar-refractivity contribution in [2.24, 2.45) is 17.4 Å². The average molecular weight is 552 g/mol. The smallest absolute Gasteiger partial charge is 0.255 e. The Morgan fingerprint density at radius 3 is 2.33 bits per heavy atom. The zero-order valence-corrected chi connectivity index (χ0v) is 25.2. The van der Waals surface area contributed by atoms with Crippen molar-refractivity contribution in [3.8, 4) is 11.5 Å². The number of hydrogen-bond donors (Lipinski definition) is 5. The molecule has 0 aromatic heterocycles. The van der Waals surface area contributed by atoms with E-state index in [0.717, 1.165) is 35.2 Å². The summed E-state index contributed by atoms with van der Waals surface area (Å²) in [4.78, 5) is 19.1. The monoisotopic (exact) mass is 551 g/mol. The molecule has 40 heavy (non-hydrogen) atoms. The summed E-state index contributed by atoms with van der Waals surface area (Å²) < 4.78 is 5.61. The number of nitrogens with zero attached hydrogens (tertiary/aromatic N) is 2. The van der Waals surface area contributed by atoms with Crippen LogP contribution >= 0.6 is 0 Å². The van der Waals surface area contributed by atoms with Gasteiger partial charge in [-0.3, -0.25) is 9.80 Å². The maximum atomic E-state index is 13.5. The molecule has 10 heteroatoms. The van der Waals surface area contributed by atoms with Gasteiger partial charge in [0.15, 0.2) is 11.5 Å². The Morgan fingerprint density at radius 2 is 1.77 bits per heavy atom. The summed E-state index contributed by atoms with van der Waals surface area (Å²) in [5.41, 5.74) is 14.5. The van der Waals surface area contributed by atoms with Gasteiger partial charge in [0.05, 0.1) is 24.2 Å². The summed E-state index contributed by atoms with van der Waals surface area (Å²) in [6, 6.07) is 9.24. The minimum atomic E-state index is -0.311. The predicted octanol–water partition coefficient (Wildman–Crippen LogP) is 4.57. The maximum absolute atomic E-state index is 13.5. The van der Waals surface area contributed by atoms with E-state index in [-0.39, 0.29) is 16.9 Å². The third kappa shape index (κ3) is 6.70. The fraction of sp³-hybridized carbons (Fsp3) is 0.433. The zero-order valence-electron chi connectivity index (χ0n) is 25.2. The van der Waals surface area contributed by atoms with Crippen LogP contribution in [0.25, 0.3) is 0 Å². The number of carbonyl (C=O) groups is 1. The summed E-state index contributed by atoms with van der Waals surface area (Å²) >= 11 is 0. The fourth-order valence-electron chi connectivity index (χ4n) is 4.35. The Kier molecular flexibility index (Phi) is 9.08. The number of ether oxygens (including phenoxy) is 1. The minimum Gasteiger partial charge on any atom is -0.491 e. The lowest BCUT2D eigenvalue weighted by atomic mass is 9.97. The van der Waals surface area contributed by atoms with Crippen molar-refractivity contribution in [1.29, 1.82) is 0 Å². The van der Waals surface area contributed by atoms with Crippen molar-refractivity contribution >= 4 is 17.3 Å². The summed E-state index contributed by atoms with van der Waals surface area (Å²) in [5.74, 6) is 13.3. The quantitative estimate of drug-likeness (QED) is 0.163. The van der Waals surface area contributed by atoms with Crippen molar-refractivity contribution < 1.29 is 14.4 Å². The van der Waals surface area contributed by atoms with Gasteiger partial charge in [0.25, 0.3) is 5.91 Å². The summed E-state index contributed by atoms with van der Waals surface area (Å²) in [6.07, 6.45) is 3.77. The van der Waals surface area contributed by atoms with Crippen LogP contribution in [0, 0.1) is 6.92 Å². The second-order valence-electron chi connectivity index (χ2n) is 11.6. The Balaban J connectivity index is 1.92. The molecule has 2 aromatic carbocycles. The van der Waals surface area contributed by atoms with Crippen LogP contribution in [0.15, 0.2) is 53.5 Å². The third-order valence-corrected chi connectivity index (χ3v) is 7.50. The van der Waals surface area contributed by atoms with Crippen LogP contribution in [0.2, 0.25) is 0 Å². The summed E-state index contributed by atoms with van der Waals surface area (Å²) in [6.45, 7) is 14.0. The van der Waals surface area contributed by atoms with Crippen molar-refractivity contribution in [3.63, 3.8) is 0 Å². The van der Waals surface area contributed by atoms with Gasteiger partial charge in [-0.05, 0) is 101 Å². The molecule has 1 fully saturated rings. The topological polar surface area (TPSA) is 144 Å². The molecule has 1 aliphatic carbocycles. The molecule has 2 aromatic rings. The molecule has 0 atom stereocenters. The van der Waals surface area contributed by atoms with Gasteiger partial charge in [0.2, 0.25) is 0 Å². The molecule has 1 amide bonds. The van der Waals surface area contributed by atoms with Crippen molar-refractivity contribution in [3.05, 3.63) is 70.2 Å². The van der Waals surface area contributed by atoms with Crippen LogP contribution in [-0.4, -0.2) is 30.6 Å². The number of hydrogen-bond acceptors (Lipinski definition) is 9. The first-order chi connectivity index (χ1) is 18.6. The number of amides is 1. The van der Waals surface area contributed by atoms with E-state index in [1.54, 1.807) is 37.5 Å². The normalized spacial score (nSPS) is 15.2. The molecule has 0 aliphatic heterocycles. The lowest BCUT2D eigenvalue weighted by Gasteiger charge is -2.35. The van der Waals surface area contributed by atoms with Crippen LogP contribution in [0.5, 0.6) is 11.5 Å². The van der Waals surface area contributed by atoms with Crippen LogP contribution in [-0.2, 0) is 5.41 Å². The van der Waals surface area contributed by atoms with E-state index in [1.165, 1.54) is 5.01 Å². The van der Waals surface area contributed by atoms with Gasteiger partial charge in [-0.1, -0.05) is 13.0 Å². The first kappa shape index (κ1) is 30.8. The fourth-order valence-corrected chi connectivity index (χ4v) is 4.35. The highest BCUT2D eigenvalue weighted by molar-refractivity contribution is 6.06.